The molecule has 1 amide bonds. The van der Waals surface area contributed by atoms with E-state index in [0.29, 0.717) is 4.31 Å². The average molecular weight is 388 g/mol. The molecule has 0 radical (unpaired) electrons. The Balaban J connectivity index is 1.92. The van der Waals surface area contributed by atoms with Crippen molar-refractivity contribution in [2.24, 2.45) is 0 Å². The summed E-state index contributed by atoms with van der Waals surface area (Å²) in [5.41, 5.74) is 0.504. The normalized spacial score (nSPS) is 20.0. The highest BCUT2D eigenvalue weighted by atomic mass is 32.2. The van der Waals surface area contributed by atoms with E-state index in [-0.39, 0.29) is 17.0 Å². The van der Waals surface area contributed by atoms with Crippen LogP contribution in [0.25, 0.3) is 0 Å². The minimum atomic E-state index is -4.26. The van der Waals surface area contributed by atoms with Gasteiger partial charge in [-0.3, -0.25) is 10.1 Å². The van der Waals surface area contributed by atoms with Gasteiger partial charge in [0.05, 0.1) is 15.9 Å². The second-order valence-corrected chi connectivity index (χ2v) is 7.69. The molecular weight excluding hydrogens is 372 g/mol. The molecule has 27 heavy (non-hydrogen) atoms. The van der Waals surface area contributed by atoms with E-state index >= 15 is 0 Å². The van der Waals surface area contributed by atoms with Gasteiger partial charge in [0.15, 0.2) is 0 Å². The van der Waals surface area contributed by atoms with Crippen LogP contribution in [-0.4, -0.2) is 29.8 Å². The van der Waals surface area contributed by atoms with Crippen LogP contribution in [0.3, 0.4) is 0 Å². The molecule has 0 spiro atoms. The zero-order valence-electron chi connectivity index (χ0n) is 14.1. The van der Waals surface area contributed by atoms with Gasteiger partial charge in [0.25, 0.3) is 15.7 Å². The second-order valence-electron chi connectivity index (χ2n) is 5.87. The third-order valence-electron chi connectivity index (χ3n) is 4.23. The van der Waals surface area contributed by atoms with E-state index in [1.165, 1.54) is 6.08 Å². The van der Waals surface area contributed by atoms with Gasteiger partial charge in [-0.15, -0.1) is 6.58 Å². The SMILES string of the molecule is C=C[C@@H]1C[C@H](c2ccccc2)OC(=O)N1S(=O)(=O)c1ccc([N+](=O)[O-])cc1. The first-order chi connectivity index (χ1) is 12.8. The van der Waals surface area contributed by atoms with Crippen LogP contribution in [0, 0.1) is 10.1 Å². The maximum absolute atomic E-state index is 12.9. The van der Waals surface area contributed by atoms with E-state index in [1.54, 1.807) is 24.3 Å². The summed E-state index contributed by atoms with van der Waals surface area (Å²) in [5.74, 6) is 0. The zero-order chi connectivity index (χ0) is 19.6. The van der Waals surface area contributed by atoms with E-state index in [4.69, 9.17) is 4.74 Å². The summed E-state index contributed by atoms with van der Waals surface area (Å²) in [5, 5.41) is 10.7. The Bertz CT molecular complexity index is 973. The topological polar surface area (TPSA) is 107 Å². The van der Waals surface area contributed by atoms with Crippen molar-refractivity contribution in [1.82, 2.24) is 4.31 Å². The predicted molar refractivity (Wildman–Crippen MR) is 96.4 cm³/mol. The average Bonchev–Trinajstić information content (AvgIpc) is 2.67. The van der Waals surface area contributed by atoms with Crippen LogP contribution in [0.5, 0.6) is 0 Å². The fourth-order valence-corrected chi connectivity index (χ4v) is 4.34. The number of amides is 1. The molecule has 1 fully saturated rings. The van der Waals surface area contributed by atoms with Gasteiger partial charge in [-0.05, 0) is 17.7 Å². The molecule has 140 valence electrons. The highest BCUT2D eigenvalue weighted by Crippen LogP contribution is 2.34. The standard InChI is InChI=1S/C18H16N2O6S/c1-2-14-12-17(13-6-4-3-5-7-13)26-18(21)19(14)27(24,25)16-10-8-15(9-11-16)20(22)23/h2-11,14,17H,1,12H2/t14-,17-/m1/s1. The molecule has 0 aromatic heterocycles. The number of carbonyl (C=O) groups excluding carboxylic acids is 1. The number of nitrogens with zero attached hydrogens (tertiary/aromatic N) is 2. The van der Waals surface area contributed by atoms with Gasteiger partial charge in [0.2, 0.25) is 0 Å². The summed E-state index contributed by atoms with van der Waals surface area (Å²) in [7, 11) is -4.26. The molecule has 0 N–H and O–H groups in total. The Kier molecular flexibility index (Phi) is 4.95. The molecule has 9 heteroatoms. The molecule has 0 aliphatic carbocycles. The van der Waals surface area contributed by atoms with E-state index in [2.05, 4.69) is 6.58 Å². The van der Waals surface area contributed by atoms with Crippen LogP contribution in [0.4, 0.5) is 10.5 Å². The van der Waals surface area contributed by atoms with Crippen LogP contribution in [-0.2, 0) is 14.8 Å². The van der Waals surface area contributed by atoms with Gasteiger partial charge >= 0.3 is 6.09 Å². The molecule has 2 atom stereocenters. The first-order valence-corrected chi connectivity index (χ1v) is 9.45. The summed E-state index contributed by atoms with van der Waals surface area (Å²) in [6, 6.07) is 12.5. The Hall–Kier alpha value is -3.20. The molecule has 1 aliphatic heterocycles. The quantitative estimate of drug-likeness (QED) is 0.441. The molecule has 0 bridgehead atoms. The van der Waals surface area contributed by atoms with Gasteiger partial charge in [-0.1, -0.05) is 36.4 Å². The molecule has 8 nitrogen and oxygen atoms in total. The monoisotopic (exact) mass is 388 g/mol. The fraction of sp³-hybridized carbons (Fsp3) is 0.167. The maximum atomic E-state index is 12.9. The van der Waals surface area contributed by atoms with Crippen molar-refractivity contribution in [3.8, 4) is 0 Å². The lowest BCUT2D eigenvalue weighted by Gasteiger charge is -2.36. The van der Waals surface area contributed by atoms with Crippen LogP contribution in [0.2, 0.25) is 0 Å². The van der Waals surface area contributed by atoms with Crippen LogP contribution >= 0.6 is 0 Å². The van der Waals surface area contributed by atoms with Crippen LogP contribution in [0.1, 0.15) is 18.1 Å². The summed E-state index contributed by atoms with van der Waals surface area (Å²) >= 11 is 0. The van der Waals surface area contributed by atoms with Crippen molar-refractivity contribution >= 4 is 21.8 Å². The van der Waals surface area contributed by atoms with E-state index < -0.39 is 33.2 Å². The summed E-state index contributed by atoms with van der Waals surface area (Å²) in [6.07, 6.45) is -0.0199. The van der Waals surface area contributed by atoms with E-state index in [1.807, 2.05) is 6.07 Å². The van der Waals surface area contributed by atoms with Gasteiger partial charge < -0.3 is 4.74 Å². The molecule has 1 heterocycles. The first kappa shape index (κ1) is 18.6. The summed E-state index contributed by atoms with van der Waals surface area (Å²) < 4.78 is 31.8. The molecule has 0 saturated carbocycles. The number of nitro benzene ring substituents is 1. The van der Waals surface area contributed by atoms with Gasteiger partial charge in [0.1, 0.15) is 6.10 Å². The molecule has 3 rings (SSSR count). The predicted octanol–water partition coefficient (Wildman–Crippen LogP) is 3.42. The summed E-state index contributed by atoms with van der Waals surface area (Å²) in [4.78, 5) is 22.4. The van der Waals surface area contributed by atoms with Gasteiger partial charge in [0, 0.05) is 18.6 Å². The Morgan fingerprint density at radius 2 is 1.78 bits per heavy atom. The number of carbonyl (C=O) groups is 1. The molecule has 0 unspecified atom stereocenters. The molecule has 2 aromatic rings. The maximum Gasteiger partial charge on any atom is 0.425 e. The Labute approximate surface area is 155 Å². The first-order valence-electron chi connectivity index (χ1n) is 8.01. The lowest BCUT2D eigenvalue weighted by Crippen LogP contribution is -2.48. The Morgan fingerprint density at radius 3 is 2.33 bits per heavy atom. The lowest BCUT2D eigenvalue weighted by atomic mass is 10.0. The number of hydrogen-bond donors (Lipinski definition) is 0. The van der Waals surface area contributed by atoms with Gasteiger partial charge in [-0.25, -0.2) is 13.2 Å². The molecule has 2 aromatic carbocycles. The zero-order valence-corrected chi connectivity index (χ0v) is 14.9. The van der Waals surface area contributed by atoms with Crippen molar-refractivity contribution in [2.75, 3.05) is 0 Å². The summed E-state index contributed by atoms with van der Waals surface area (Å²) in [6.45, 7) is 3.64. The fourth-order valence-electron chi connectivity index (χ4n) is 2.87. The highest BCUT2D eigenvalue weighted by Gasteiger charge is 2.42. The van der Waals surface area contributed by atoms with Crippen molar-refractivity contribution in [1.29, 1.82) is 0 Å². The molecule has 1 aliphatic rings. The van der Waals surface area contributed by atoms with Crippen molar-refractivity contribution in [2.45, 2.75) is 23.5 Å². The van der Waals surface area contributed by atoms with Crippen molar-refractivity contribution in [3.05, 3.63) is 82.9 Å². The number of nitro groups is 1. The van der Waals surface area contributed by atoms with E-state index in [9.17, 15) is 23.3 Å². The smallest absolute Gasteiger partial charge is 0.425 e. The lowest BCUT2D eigenvalue weighted by molar-refractivity contribution is -0.384. The number of benzene rings is 2. The molecule has 1 saturated heterocycles. The number of rotatable bonds is 5. The van der Waals surface area contributed by atoms with Crippen molar-refractivity contribution < 1.29 is 22.9 Å². The third-order valence-corrected chi connectivity index (χ3v) is 6.03. The van der Waals surface area contributed by atoms with Gasteiger partial charge in [-0.2, -0.15) is 4.31 Å². The number of cyclic esters (lactones) is 1. The Morgan fingerprint density at radius 1 is 1.15 bits per heavy atom. The van der Waals surface area contributed by atoms with Crippen molar-refractivity contribution in [3.63, 3.8) is 0 Å². The second kappa shape index (κ2) is 7.20. The van der Waals surface area contributed by atoms with Crippen LogP contribution < -0.4 is 0 Å². The minimum absolute atomic E-state index is 0.214. The molecular formula is C18H16N2O6S. The van der Waals surface area contributed by atoms with E-state index in [0.717, 1.165) is 29.8 Å². The highest BCUT2D eigenvalue weighted by molar-refractivity contribution is 7.89. The largest absolute Gasteiger partial charge is 0.440 e. The number of hydrogen-bond acceptors (Lipinski definition) is 6. The van der Waals surface area contributed by atoms with Crippen LogP contribution in [0.15, 0.2) is 72.1 Å². The number of sulfonamides is 1. The third kappa shape index (κ3) is 3.54. The number of non-ortho nitro benzene ring substituents is 1. The number of ether oxygens (including phenoxy) is 1. The minimum Gasteiger partial charge on any atom is -0.440 e.